The van der Waals surface area contributed by atoms with E-state index in [9.17, 15) is 14.9 Å². The van der Waals surface area contributed by atoms with Crippen LogP contribution in [0.25, 0.3) is 0 Å². The Morgan fingerprint density at radius 1 is 1.40 bits per heavy atom. The average Bonchev–Trinajstić information content (AvgIpc) is 2.38. The molecule has 0 aliphatic rings. The Morgan fingerprint density at radius 2 is 2.10 bits per heavy atom. The van der Waals surface area contributed by atoms with E-state index in [1.165, 1.54) is 12.1 Å². The van der Waals surface area contributed by atoms with Crippen LogP contribution in [0.1, 0.15) is 20.3 Å². The van der Waals surface area contributed by atoms with E-state index in [2.05, 4.69) is 10.6 Å². The molecule has 1 aromatic carbocycles. The topological polar surface area (TPSA) is 93.5 Å². The van der Waals surface area contributed by atoms with Crippen LogP contribution in [0, 0.1) is 10.1 Å². The number of nitrogens with zero attached hydrogens (tertiary/aromatic N) is 1. The van der Waals surface area contributed by atoms with Crippen molar-refractivity contribution in [3.63, 3.8) is 0 Å². The number of carbonyl (C=O) groups excluding carboxylic acids is 1. The van der Waals surface area contributed by atoms with E-state index in [0.717, 1.165) is 0 Å². The van der Waals surface area contributed by atoms with Crippen LogP contribution in [-0.4, -0.2) is 30.2 Å². The lowest BCUT2D eigenvalue weighted by Gasteiger charge is -2.09. The Hall–Kier alpha value is -2.15. The number of nitrogens with one attached hydrogen (secondary N) is 2. The van der Waals surface area contributed by atoms with Crippen LogP contribution in [0.15, 0.2) is 24.3 Å². The maximum atomic E-state index is 11.6. The molecule has 0 atom stereocenters. The molecule has 0 saturated heterocycles. The molecule has 0 aliphatic carbocycles. The second kappa shape index (κ2) is 8.11. The molecule has 110 valence electrons. The van der Waals surface area contributed by atoms with Gasteiger partial charge in [0.1, 0.15) is 5.69 Å². The van der Waals surface area contributed by atoms with Gasteiger partial charge in [0.25, 0.3) is 5.69 Å². The number of nitro groups is 1. The predicted octanol–water partition coefficient (Wildman–Crippen LogP) is 2.53. The SMILES string of the molecule is CC(C)OCCCNC(=O)Nc1ccccc1[N+](=O)[O-]. The lowest BCUT2D eigenvalue weighted by molar-refractivity contribution is -0.383. The van der Waals surface area contributed by atoms with Crippen LogP contribution in [-0.2, 0) is 4.74 Å². The molecular weight excluding hydrogens is 262 g/mol. The minimum Gasteiger partial charge on any atom is -0.379 e. The van der Waals surface area contributed by atoms with Gasteiger partial charge in [-0.1, -0.05) is 12.1 Å². The number of amides is 2. The maximum Gasteiger partial charge on any atom is 0.319 e. The standard InChI is InChI=1S/C13H19N3O4/c1-10(2)20-9-5-8-14-13(17)15-11-6-3-4-7-12(11)16(18)19/h3-4,6-7,10H,5,8-9H2,1-2H3,(H2,14,15,17). The first-order chi connectivity index (χ1) is 9.50. The molecule has 1 aromatic rings. The molecule has 0 fully saturated rings. The molecule has 20 heavy (non-hydrogen) atoms. The Balaban J connectivity index is 2.37. The number of anilines is 1. The zero-order valence-corrected chi connectivity index (χ0v) is 11.6. The van der Waals surface area contributed by atoms with Crippen molar-refractivity contribution in [1.29, 1.82) is 0 Å². The van der Waals surface area contributed by atoms with Crippen molar-refractivity contribution in [2.24, 2.45) is 0 Å². The minimum atomic E-state index is -0.536. The molecule has 0 aliphatic heterocycles. The number of urea groups is 1. The number of hydrogen-bond donors (Lipinski definition) is 2. The first-order valence-corrected chi connectivity index (χ1v) is 6.40. The molecule has 0 heterocycles. The van der Waals surface area contributed by atoms with Crippen molar-refractivity contribution in [2.75, 3.05) is 18.5 Å². The third-order valence-electron chi connectivity index (χ3n) is 2.41. The van der Waals surface area contributed by atoms with Crippen LogP contribution < -0.4 is 10.6 Å². The van der Waals surface area contributed by atoms with E-state index in [0.29, 0.717) is 19.6 Å². The molecule has 2 amide bonds. The molecule has 0 aromatic heterocycles. The third-order valence-corrected chi connectivity index (χ3v) is 2.41. The van der Waals surface area contributed by atoms with Gasteiger partial charge >= 0.3 is 6.03 Å². The molecule has 0 unspecified atom stereocenters. The van der Waals surface area contributed by atoms with E-state index >= 15 is 0 Å². The summed E-state index contributed by atoms with van der Waals surface area (Å²) in [6.07, 6.45) is 0.846. The summed E-state index contributed by atoms with van der Waals surface area (Å²) in [5, 5.41) is 15.9. The van der Waals surface area contributed by atoms with Crippen molar-refractivity contribution in [3.05, 3.63) is 34.4 Å². The Labute approximate surface area is 117 Å². The van der Waals surface area contributed by atoms with Gasteiger partial charge in [0.2, 0.25) is 0 Å². The first-order valence-electron chi connectivity index (χ1n) is 6.40. The van der Waals surface area contributed by atoms with Crippen LogP contribution in [0.2, 0.25) is 0 Å². The molecule has 0 radical (unpaired) electrons. The molecule has 0 spiro atoms. The number of ether oxygens (including phenoxy) is 1. The highest BCUT2D eigenvalue weighted by molar-refractivity contribution is 5.91. The maximum absolute atomic E-state index is 11.6. The van der Waals surface area contributed by atoms with Crippen LogP contribution in [0.3, 0.4) is 0 Å². The molecular formula is C13H19N3O4. The number of para-hydroxylation sites is 2. The van der Waals surface area contributed by atoms with Gasteiger partial charge in [0.05, 0.1) is 11.0 Å². The van der Waals surface area contributed by atoms with Crippen molar-refractivity contribution in [3.8, 4) is 0 Å². The fourth-order valence-corrected chi connectivity index (χ4v) is 1.50. The van der Waals surface area contributed by atoms with Crippen LogP contribution in [0.4, 0.5) is 16.2 Å². The van der Waals surface area contributed by atoms with Gasteiger partial charge in [-0.3, -0.25) is 10.1 Å². The van der Waals surface area contributed by atoms with Crippen molar-refractivity contribution in [1.82, 2.24) is 5.32 Å². The normalized spacial score (nSPS) is 10.3. The molecule has 2 N–H and O–H groups in total. The third kappa shape index (κ3) is 5.66. The largest absolute Gasteiger partial charge is 0.379 e. The first kappa shape index (κ1) is 15.9. The van der Waals surface area contributed by atoms with E-state index in [1.54, 1.807) is 12.1 Å². The number of benzene rings is 1. The Kier molecular flexibility index (Phi) is 6.45. The summed E-state index contributed by atoms with van der Waals surface area (Å²) < 4.78 is 5.33. The van der Waals surface area contributed by atoms with Gasteiger partial charge < -0.3 is 15.4 Å². The smallest absolute Gasteiger partial charge is 0.319 e. The zero-order chi connectivity index (χ0) is 15.0. The molecule has 0 saturated carbocycles. The quantitative estimate of drug-likeness (QED) is 0.456. The van der Waals surface area contributed by atoms with E-state index in [4.69, 9.17) is 4.74 Å². The molecule has 7 nitrogen and oxygen atoms in total. The fraction of sp³-hybridized carbons (Fsp3) is 0.462. The second-order valence-corrected chi connectivity index (χ2v) is 4.43. The average molecular weight is 281 g/mol. The van der Waals surface area contributed by atoms with E-state index < -0.39 is 11.0 Å². The van der Waals surface area contributed by atoms with E-state index in [-0.39, 0.29) is 17.5 Å². The van der Waals surface area contributed by atoms with Gasteiger partial charge in [0.15, 0.2) is 0 Å². The molecule has 0 bridgehead atoms. The lowest BCUT2D eigenvalue weighted by Crippen LogP contribution is -2.30. The monoisotopic (exact) mass is 281 g/mol. The zero-order valence-electron chi connectivity index (χ0n) is 11.6. The lowest BCUT2D eigenvalue weighted by atomic mass is 10.3. The highest BCUT2D eigenvalue weighted by Crippen LogP contribution is 2.22. The van der Waals surface area contributed by atoms with Gasteiger partial charge in [-0.2, -0.15) is 0 Å². The summed E-state index contributed by atoms with van der Waals surface area (Å²) in [5.41, 5.74) is 0.0409. The van der Waals surface area contributed by atoms with Crippen molar-refractivity contribution >= 4 is 17.4 Å². The summed E-state index contributed by atoms with van der Waals surface area (Å²) in [6, 6.07) is 5.53. The number of nitro benzene ring substituents is 1. The summed E-state index contributed by atoms with van der Waals surface area (Å²) in [6.45, 7) is 4.88. The second-order valence-electron chi connectivity index (χ2n) is 4.43. The highest BCUT2D eigenvalue weighted by atomic mass is 16.6. The van der Waals surface area contributed by atoms with Crippen LogP contribution in [0.5, 0.6) is 0 Å². The summed E-state index contributed by atoms with van der Waals surface area (Å²) in [4.78, 5) is 21.8. The van der Waals surface area contributed by atoms with E-state index in [1.807, 2.05) is 13.8 Å². The van der Waals surface area contributed by atoms with Gasteiger partial charge in [0, 0.05) is 19.2 Å². The number of rotatable bonds is 7. The molecule has 1 rings (SSSR count). The van der Waals surface area contributed by atoms with Gasteiger partial charge in [-0.15, -0.1) is 0 Å². The van der Waals surface area contributed by atoms with Crippen molar-refractivity contribution < 1.29 is 14.5 Å². The number of hydrogen-bond acceptors (Lipinski definition) is 4. The Bertz CT molecular complexity index is 463. The van der Waals surface area contributed by atoms with Gasteiger partial charge in [-0.25, -0.2) is 4.79 Å². The fourth-order valence-electron chi connectivity index (χ4n) is 1.50. The van der Waals surface area contributed by atoms with Crippen LogP contribution >= 0.6 is 0 Å². The number of carbonyl (C=O) groups is 1. The van der Waals surface area contributed by atoms with Crippen molar-refractivity contribution in [2.45, 2.75) is 26.4 Å². The molecule has 7 heteroatoms. The summed E-state index contributed by atoms with van der Waals surface area (Å²) in [7, 11) is 0. The predicted molar refractivity (Wildman–Crippen MR) is 75.8 cm³/mol. The Morgan fingerprint density at radius 3 is 2.75 bits per heavy atom. The van der Waals surface area contributed by atoms with Gasteiger partial charge in [-0.05, 0) is 26.3 Å². The minimum absolute atomic E-state index is 0.134. The summed E-state index contributed by atoms with van der Waals surface area (Å²) in [5.74, 6) is 0. The summed E-state index contributed by atoms with van der Waals surface area (Å²) >= 11 is 0. The highest BCUT2D eigenvalue weighted by Gasteiger charge is 2.14.